The lowest BCUT2D eigenvalue weighted by Gasteiger charge is -2.31. The Hall–Kier alpha value is -8.33. The molecule has 4 aromatic heterocycles. The summed E-state index contributed by atoms with van der Waals surface area (Å²) < 4.78 is 17.2. The van der Waals surface area contributed by atoms with Gasteiger partial charge in [-0.3, -0.25) is 14.4 Å². The normalized spacial score (nSPS) is 14.7. The van der Waals surface area contributed by atoms with Crippen LogP contribution in [-0.2, 0) is 11.8 Å². The molecule has 0 aliphatic carbocycles. The summed E-state index contributed by atoms with van der Waals surface area (Å²) >= 11 is 0. The molecule has 70 heavy (non-hydrogen) atoms. The number of allylic oxidation sites excluding steroid dienone is 2. The van der Waals surface area contributed by atoms with Crippen molar-refractivity contribution in [1.82, 2.24) is 38.6 Å². The van der Waals surface area contributed by atoms with Crippen LogP contribution in [0.5, 0.6) is 23.0 Å². The maximum Gasteiger partial charge on any atom is 0.269 e. The quantitative estimate of drug-likeness (QED) is 0.0955. The number of ether oxygens (including phenoxy) is 2. The zero-order chi connectivity index (χ0) is 48.7. The lowest BCUT2D eigenvalue weighted by Crippen LogP contribution is -2.36. The third-order valence-corrected chi connectivity index (χ3v) is 13.1. The maximum absolute atomic E-state index is 12.5. The summed E-state index contributed by atoms with van der Waals surface area (Å²) in [5, 5.41) is 9.09. The fourth-order valence-corrected chi connectivity index (χ4v) is 9.66. The number of nitrogens with one attached hydrogen (secondary N) is 1. The molecule has 0 spiro atoms. The molecule has 8 aromatic rings. The van der Waals surface area contributed by atoms with Crippen LogP contribution < -0.4 is 20.9 Å². The van der Waals surface area contributed by atoms with E-state index in [1.165, 1.54) is 5.56 Å². The van der Waals surface area contributed by atoms with Crippen LogP contribution in [0.2, 0.25) is 0 Å². The number of carbonyl (C=O) groups is 3. The number of benzene rings is 4. The molecular weight excluding hydrogens is 881 g/mol. The molecule has 4 aromatic carbocycles. The van der Waals surface area contributed by atoms with Gasteiger partial charge in [-0.15, -0.1) is 0 Å². The molecule has 0 saturated carbocycles. The number of likely N-dealkylation sites (tertiary alicyclic amines) is 2. The number of nitrogens with zero attached hydrogens (tertiary/aromatic N) is 7. The summed E-state index contributed by atoms with van der Waals surface area (Å²) in [4.78, 5) is 44.9. The van der Waals surface area contributed by atoms with Gasteiger partial charge in [-0.2, -0.15) is 10.2 Å². The summed E-state index contributed by atoms with van der Waals surface area (Å²) in [6.45, 7) is 7.45. The molecule has 2 saturated heterocycles. The van der Waals surface area contributed by atoms with Crippen LogP contribution in [0.3, 0.4) is 0 Å². The Balaban J connectivity index is 0.000000174. The van der Waals surface area contributed by atoms with Gasteiger partial charge in [0, 0.05) is 55.5 Å². The molecule has 2 fully saturated rings. The standard InChI is InChI=1S/C28H29N5O3.C27H29N5O2/c1-2-3-9-24(34)32-16-14-19(15-17-32)23-18-30-33-26(27(29)35)25(31-28(23)33)20-10-12-22(13-11-20)36-21-7-5-4-6-8-21;1-3-15-31-16-13-19(14-17-31)23-18-29-32-25(26(28)33)24(30(2)27(23)32)20-9-11-22(12-10-20)34-21-7-5-4-6-8-21/h3-13,18-19,31H,2,14-17H2,1H3,(H2,29,35);3-12,15,18-19H,13-14,16-17H2,1-2H3,(H2,28,33). The monoisotopic (exact) mass is 938 g/mol. The molecule has 0 unspecified atom stereocenters. The van der Waals surface area contributed by atoms with Crippen molar-refractivity contribution in [2.45, 2.75) is 57.8 Å². The van der Waals surface area contributed by atoms with Crippen LogP contribution in [0.25, 0.3) is 33.8 Å². The second-order valence-electron chi connectivity index (χ2n) is 17.6. The summed E-state index contributed by atoms with van der Waals surface area (Å²) in [6.07, 6.45) is 16.1. The van der Waals surface area contributed by atoms with E-state index in [9.17, 15) is 14.4 Å². The van der Waals surface area contributed by atoms with Crippen LogP contribution in [0, 0.1) is 0 Å². The number of fused-ring (bicyclic) bond motifs is 2. The number of piperidine rings is 2. The van der Waals surface area contributed by atoms with Crippen LogP contribution in [0.15, 0.2) is 146 Å². The maximum atomic E-state index is 12.5. The number of aromatic nitrogens is 6. The van der Waals surface area contributed by atoms with E-state index in [2.05, 4.69) is 32.4 Å². The number of aromatic amines is 1. The molecule has 15 nitrogen and oxygen atoms in total. The van der Waals surface area contributed by atoms with Gasteiger partial charge in [0.2, 0.25) is 5.91 Å². The topological polar surface area (TPSA) is 184 Å². The van der Waals surface area contributed by atoms with Gasteiger partial charge >= 0.3 is 0 Å². The summed E-state index contributed by atoms with van der Waals surface area (Å²) in [5.74, 6) is 2.57. The molecule has 10 rings (SSSR count). The zero-order valence-corrected chi connectivity index (χ0v) is 39.7. The van der Waals surface area contributed by atoms with Gasteiger partial charge < -0.3 is 40.3 Å². The Morgan fingerprint density at radius 2 is 1.19 bits per heavy atom. The van der Waals surface area contributed by atoms with Gasteiger partial charge in [0.1, 0.15) is 34.3 Å². The van der Waals surface area contributed by atoms with Crippen LogP contribution >= 0.6 is 0 Å². The Morgan fingerprint density at radius 3 is 1.74 bits per heavy atom. The van der Waals surface area contributed by atoms with E-state index in [0.29, 0.717) is 41.8 Å². The third kappa shape index (κ3) is 9.81. The Kier molecular flexibility index (Phi) is 14.0. The van der Waals surface area contributed by atoms with E-state index in [4.69, 9.17) is 20.9 Å². The number of carbonyl (C=O) groups excluding carboxylic acids is 3. The van der Waals surface area contributed by atoms with Crippen molar-refractivity contribution < 1.29 is 23.9 Å². The number of rotatable bonds is 13. The number of para-hydroxylation sites is 2. The molecule has 0 bridgehead atoms. The number of imidazole rings is 2. The minimum absolute atomic E-state index is 0.0633. The van der Waals surface area contributed by atoms with Crippen LogP contribution in [0.1, 0.15) is 89.9 Å². The zero-order valence-electron chi connectivity index (χ0n) is 39.7. The number of primary amides is 2. The van der Waals surface area contributed by atoms with Gasteiger partial charge in [-0.05, 0) is 136 Å². The summed E-state index contributed by atoms with van der Waals surface area (Å²) in [7, 11) is 1.98. The van der Waals surface area contributed by atoms with E-state index in [1.807, 2.05) is 152 Å². The largest absolute Gasteiger partial charge is 0.457 e. The van der Waals surface area contributed by atoms with Gasteiger partial charge in [-0.25, -0.2) is 9.03 Å². The van der Waals surface area contributed by atoms with Gasteiger partial charge in [0.25, 0.3) is 11.8 Å². The van der Waals surface area contributed by atoms with Crippen molar-refractivity contribution in [3.05, 3.63) is 169 Å². The van der Waals surface area contributed by atoms with E-state index in [0.717, 1.165) is 96.1 Å². The molecule has 3 amide bonds. The average Bonchev–Trinajstić information content (AvgIpc) is 4.16. The highest BCUT2D eigenvalue weighted by Gasteiger charge is 2.30. The van der Waals surface area contributed by atoms with Crippen molar-refractivity contribution >= 4 is 29.0 Å². The van der Waals surface area contributed by atoms with Crippen molar-refractivity contribution in [3.63, 3.8) is 0 Å². The van der Waals surface area contributed by atoms with E-state index < -0.39 is 11.8 Å². The van der Waals surface area contributed by atoms with Crippen LogP contribution in [-0.4, -0.2) is 82.5 Å². The Morgan fingerprint density at radius 1 is 0.671 bits per heavy atom. The minimum Gasteiger partial charge on any atom is -0.457 e. The van der Waals surface area contributed by atoms with Gasteiger partial charge in [0.05, 0.1) is 23.8 Å². The molecule has 0 atom stereocenters. The highest BCUT2D eigenvalue weighted by atomic mass is 16.5. The predicted molar refractivity (Wildman–Crippen MR) is 271 cm³/mol. The molecular formula is C55H58N10O5. The predicted octanol–water partition coefficient (Wildman–Crippen LogP) is 9.84. The molecule has 0 radical (unpaired) electrons. The molecule has 2 aliphatic heterocycles. The van der Waals surface area contributed by atoms with E-state index in [-0.39, 0.29) is 11.8 Å². The fourth-order valence-electron chi connectivity index (χ4n) is 9.66. The highest BCUT2D eigenvalue weighted by molar-refractivity contribution is 5.99. The fraction of sp³-hybridized carbons (Fsp3) is 0.255. The highest BCUT2D eigenvalue weighted by Crippen LogP contribution is 2.37. The molecule has 15 heteroatoms. The number of hydrogen-bond donors (Lipinski definition) is 3. The molecule has 6 heterocycles. The average molecular weight is 939 g/mol. The number of amides is 3. The number of H-pyrrole nitrogens is 1. The smallest absolute Gasteiger partial charge is 0.269 e. The Labute approximate surface area is 406 Å². The first-order chi connectivity index (χ1) is 34.1. The van der Waals surface area contributed by atoms with Crippen molar-refractivity contribution in [2.75, 3.05) is 26.2 Å². The van der Waals surface area contributed by atoms with Crippen molar-refractivity contribution in [1.29, 1.82) is 0 Å². The lowest BCUT2D eigenvalue weighted by atomic mass is 9.91. The van der Waals surface area contributed by atoms with E-state index >= 15 is 0 Å². The number of nitrogens with two attached hydrogens (primary N) is 2. The third-order valence-electron chi connectivity index (χ3n) is 13.1. The lowest BCUT2D eigenvalue weighted by molar-refractivity contribution is -0.127. The van der Waals surface area contributed by atoms with Crippen LogP contribution in [0.4, 0.5) is 0 Å². The first-order valence-electron chi connectivity index (χ1n) is 23.9. The second-order valence-corrected chi connectivity index (χ2v) is 17.6. The van der Waals surface area contributed by atoms with Gasteiger partial charge in [-0.1, -0.05) is 55.5 Å². The van der Waals surface area contributed by atoms with E-state index in [1.54, 1.807) is 21.3 Å². The second kappa shape index (κ2) is 20.9. The summed E-state index contributed by atoms with van der Waals surface area (Å²) in [5.41, 5.74) is 19.3. The molecule has 2 aliphatic rings. The Bertz CT molecular complexity index is 3150. The van der Waals surface area contributed by atoms with Crippen molar-refractivity contribution in [2.24, 2.45) is 18.5 Å². The van der Waals surface area contributed by atoms with Crippen molar-refractivity contribution in [3.8, 4) is 45.5 Å². The first kappa shape index (κ1) is 46.8. The minimum atomic E-state index is -0.557. The molecule has 5 N–H and O–H groups in total. The molecule has 358 valence electrons. The van der Waals surface area contributed by atoms with Gasteiger partial charge in [0.15, 0.2) is 11.4 Å². The first-order valence-corrected chi connectivity index (χ1v) is 23.9. The summed E-state index contributed by atoms with van der Waals surface area (Å²) in [6, 6.07) is 34.4. The number of aryl methyl sites for hydroxylation is 1. The SMILES string of the molecule is CC=CN1CCC(c2cnn3c(C(N)=O)c(-c4ccc(Oc5ccccc5)cc4)n(C)c23)CC1.CCC=CC(=O)N1CCC(c2cnn3c(C(N)=O)c(-c4ccc(Oc5ccccc5)cc4)[nH]c23)CC1. The number of hydrogen-bond acceptors (Lipinski definition) is 8.